The first-order valence-corrected chi connectivity index (χ1v) is 9.63. The normalized spacial score (nSPS) is 21.2. The van der Waals surface area contributed by atoms with Gasteiger partial charge in [0.2, 0.25) is 5.95 Å². The fourth-order valence-electron chi connectivity index (χ4n) is 3.05. The molecule has 0 saturated carbocycles. The van der Waals surface area contributed by atoms with Gasteiger partial charge in [0.1, 0.15) is 5.69 Å². The minimum atomic E-state index is -4.48. The Morgan fingerprint density at radius 2 is 2.11 bits per heavy atom. The first-order chi connectivity index (χ1) is 13.2. The number of aromatic nitrogens is 2. The van der Waals surface area contributed by atoms with Crippen LogP contribution in [0.4, 0.5) is 19.1 Å². The van der Waals surface area contributed by atoms with Crippen LogP contribution in [-0.2, 0) is 6.18 Å². The molecular weight excluding hydrogens is 371 g/mol. The molecule has 1 aliphatic heterocycles. The molecule has 1 fully saturated rings. The van der Waals surface area contributed by atoms with Crippen molar-refractivity contribution in [3.8, 4) is 0 Å². The molecule has 0 aromatic carbocycles. The van der Waals surface area contributed by atoms with E-state index in [1.807, 2.05) is 6.92 Å². The van der Waals surface area contributed by atoms with Crippen molar-refractivity contribution in [3.63, 3.8) is 0 Å². The molecule has 0 bridgehead atoms. The molecule has 2 unspecified atom stereocenters. The van der Waals surface area contributed by atoms with E-state index in [9.17, 15) is 13.2 Å². The van der Waals surface area contributed by atoms with Crippen molar-refractivity contribution in [1.82, 2.24) is 25.5 Å². The SMILES string of the molecule is CCNC(=NCCNc1nccc(C(F)(F)F)n1)NC1CN(C(C)C)CC1C. The highest BCUT2D eigenvalue weighted by Gasteiger charge is 2.33. The van der Waals surface area contributed by atoms with E-state index in [1.54, 1.807) is 0 Å². The van der Waals surface area contributed by atoms with Crippen LogP contribution in [0, 0.1) is 5.92 Å². The molecule has 0 amide bonds. The van der Waals surface area contributed by atoms with E-state index in [1.165, 1.54) is 0 Å². The summed E-state index contributed by atoms with van der Waals surface area (Å²) < 4.78 is 38.1. The van der Waals surface area contributed by atoms with E-state index in [2.05, 4.69) is 56.6 Å². The first kappa shape index (κ1) is 22.2. The minimum absolute atomic E-state index is 0.0556. The van der Waals surface area contributed by atoms with Gasteiger partial charge in [-0.05, 0) is 32.8 Å². The van der Waals surface area contributed by atoms with Gasteiger partial charge in [0, 0.05) is 44.5 Å². The topological polar surface area (TPSA) is 77.5 Å². The van der Waals surface area contributed by atoms with Crippen LogP contribution in [0.25, 0.3) is 0 Å². The third-order valence-corrected chi connectivity index (χ3v) is 4.65. The standard InChI is InChI=1S/C18H30F3N7/c1-5-22-16(26-14-11-28(12(2)3)10-13(14)4)24-8-9-25-17-23-7-6-15(27-17)18(19,20)21/h6-7,12-14H,5,8-11H2,1-4H3,(H2,22,24,26)(H,23,25,27). The molecule has 2 rings (SSSR count). The Bertz CT molecular complexity index is 648. The van der Waals surface area contributed by atoms with Crippen molar-refractivity contribution in [2.45, 2.75) is 46.0 Å². The summed E-state index contributed by atoms with van der Waals surface area (Å²) in [6.45, 7) is 12.0. The lowest BCUT2D eigenvalue weighted by Gasteiger charge is -2.22. The minimum Gasteiger partial charge on any atom is -0.357 e. The monoisotopic (exact) mass is 401 g/mol. The molecule has 28 heavy (non-hydrogen) atoms. The molecule has 0 spiro atoms. The van der Waals surface area contributed by atoms with E-state index in [0.717, 1.165) is 31.9 Å². The third-order valence-electron chi connectivity index (χ3n) is 4.65. The second kappa shape index (κ2) is 9.90. The Morgan fingerprint density at radius 1 is 1.36 bits per heavy atom. The molecule has 1 aromatic heterocycles. The van der Waals surface area contributed by atoms with Gasteiger partial charge in [0.15, 0.2) is 5.96 Å². The fourth-order valence-corrected chi connectivity index (χ4v) is 3.05. The average molecular weight is 401 g/mol. The lowest BCUT2D eigenvalue weighted by molar-refractivity contribution is -0.141. The van der Waals surface area contributed by atoms with Gasteiger partial charge < -0.3 is 16.0 Å². The van der Waals surface area contributed by atoms with Crippen molar-refractivity contribution in [2.75, 3.05) is 38.0 Å². The quantitative estimate of drug-likeness (QED) is 0.369. The summed E-state index contributed by atoms with van der Waals surface area (Å²) in [7, 11) is 0. The summed E-state index contributed by atoms with van der Waals surface area (Å²) in [5.74, 6) is 1.15. The van der Waals surface area contributed by atoms with Gasteiger partial charge in [-0.3, -0.25) is 9.89 Å². The molecule has 2 heterocycles. The van der Waals surface area contributed by atoms with Crippen LogP contribution in [0.2, 0.25) is 0 Å². The van der Waals surface area contributed by atoms with E-state index in [0.29, 0.717) is 37.1 Å². The number of guanidine groups is 1. The Morgan fingerprint density at radius 3 is 2.71 bits per heavy atom. The zero-order valence-corrected chi connectivity index (χ0v) is 16.8. The molecule has 7 nitrogen and oxygen atoms in total. The van der Waals surface area contributed by atoms with Gasteiger partial charge in [-0.1, -0.05) is 6.92 Å². The molecule has 0 aliphatic carbocycles. The van der Waals surface area contributed by atoms with Gasteiger partial charge in [0.25, 0.3) is 0 Å². The average Bonchev–Trinajstić information content (AvgIpc) is 2.99. The van der Waals surface area contributed by atoms with Crippen LogP contribution >= 0.6 is 0 Å². The highest BCUT2D eigenvalue weighted by Crippen LogP contribution is 2.27. The van der Waals surface area contributed by atoms with Crippen LogP contribution in [0.5, 0.6) is 0 Å². The Balaban J connectivity index is 1.88. The highest BCUT2D eigenvalue weighted by atomic mass is 19.4. The van der Waals surface area contributed by atoms with Crippen molar-refractivity contribution in [1.29, 1.82) is 0 Å². The number of alkyl halides is 3. The molecule has 158 valence electrons. The lowest BCUT2D eigenvalue weighted by atomic mass is 10.1. The number of anilines is 1. The second-order valence-corrected chi connectivity index (χ2v) is 7.23. The Hall–Kier alpha value is -2.10. The maximum absolute atomic E-state index is 12.7. The van der Waals surface area contributed by atoms with Crippen LogP contribution in [-0.4, -0.2) is 65.6 Å². The van der Waals surface area contributed by atoms with Gasteiger partial charge >= 0.3 is 6.18 Å². The van der Waals surface area contributed by atoms with Crippen LogP contribution in [0.3, 0.4) is 0 Å². The molecule has 1 aliphatic rings. The van der Waals surface area contributed by atoms with Crippen molar-refractivity contribution >= 4 is 11.9 Å². The Kier molecular flexibility index (Phi) is 7.85. The summed E-state index contributed by atoms with van der Waals surface area (Å²) in [6.07, 6.45) is -3.39. The van der Waals surface area contributed by atoms with Crippen LogP contribution in [0.15, 0.2) is 17.3 Å². The fraction of sp³-hybridized carbons (Fsp3) is 0.722. The number of halogens is 3. The maximum atomic E-state index is 12.7. The number of aliphatic imine (C=N–C) groups is 1. The molecule has 3 N–H and O–H groups in total. The number of likely N-dealkylation sites (tertiary alicyclic amines) is 1. The van der Waals surface area contributed by atoms with Crippen LogP contribution < -0.4 is 16.0 Å². The number of nitrogens with one attached hydrogen (secondary N) is 3. The zero-order valence-electron chi connectivity index (χ0n) is 16.8. The maximum Gasteiger partial charge on any atom is 0.433 e. The van der Waals surface area contributed by atoms with Gasteiger partial charge in [-0.15, -0.1) is 0 Å². The smallest absolute Gasteiger partial charge is 0.357 e. The van der Waals surface area contributed by atoms with Gasteiger partial charge in [-0.2, -0.15) is 13.2 Å². The van der Waals surface area contributed by atoms with Crippen LogP contribution in [0.1, 0.15) is 33.4 Å². The zero-order chi connectivity index (χ0) is 20.7. The number of nitrogens with zero attached hydrogens (tertiary/aromatic N) is 4. The predicted octanol–water partition coefficient (Wildman–Crippen LogP) is 2.19. The number of hydrogen-bond donors (Lipinski definition) is 3. The largest absolute Gasteiger partial charge is 0.433 e. The number of rotatable bonds is 7. The Labute approximate surface area is 164 Å². The van der Waals surface area contributed by atoms with Crippen molar-refractivity contribution < 1.29 is 13.2 Å². The summed E-state index contributed by atoms with van der Waals surface area (Å²) >= 11 is 0. The molecule has 10 heteroatoms. The number of hydrogen-bond acceptors (Lipinski definition) is 5. The van der Waals surface area contributed by atoms with Crippen molar-refractivity contribution in [2.24, 2.45) is 10.9 Å². The van der Waals surface area contributed by atoms with E-state index in [-0.39, 0.29) is 5.95 Å². The molecular formula is C18H30F3N7. The lowest BCUT2D eigenvalue weighted by Crippen LogP contribution is -2.47. The summed E-state index contributed by atoms with van der Waals surface area (Å²) in [5.41, 5.74) is -0.964. The van der Waals surface area contributed by atoms with E-state index >= 15 is 0 Å². The third kappa shape index (κ3) is 6.50. The molecule has 2 atom stereocenters. The summed E-state index contributed by atoms with van der Waals surface area (Å²) in [6, 6.07) is 1.66. The summed E-state index contributed by atoms with van der Waals surface area (Å²) in [5, 5.41) is 9.47. The molecule has 1 aromatic rings. The second-order valence-electron chi connectivity index (χ2n) is 7.23. The van der Waals surface area contributed by atoms with Crippen molar-refractivity contribution in [3.05, 3.63) is 18.0 Å². The molecule has 1 saturated heterocycles. The van der Waals surface area contributed by atoms with Gasteiger partial charge in [-0.25, -0.2) is 9.97 Å². The molecule has 0 radical (unpaired) electrons. The predicted molar refractivity (Wildman–Crippen MR) is 104 cm³/mol. The van der Waals surface area contributed by atoms with E-state index in [4.69, 9.17) is 0 Å². The summed E-state index contributed by atoms with van der Waals surface area (Å²) in [4.78, 5) is 14.2. The first-order valence-electron chi connectivity index (χ1n) is 9.63. The highest BCUT2D eigenvalue weighted by molar-refractivity contribution is 5.80. The van der Waals surface area contributed by atoms with E-state index < -0.39 is 11.9 Å². The van der Waals surface area contributed by atoms with Gasteiger partial charge in [0.05, 0.1) is 6.54 Å².